The molecule has 0 atom stereocenters. The van der Waals surface area contributed by atoms with E-state index in [9.17, 15) is 4.79 Å². The van der Waals surface area contributed by atoms with Crippen molar-refractivity contribution in [2.45, 2.75) is 13.3 Å². The molecule has 0 aromatic heterocycles. The van der Waals surface area contributed by atoms with Gasteiger partial charge in [-0.25, -0.2) is 4.79 Å². The van der Waals surface area contributed by atoms with Crippen LogP contribution in [0.1, 0.15) is 23.7 Å². The topological polar surface area (TPSA) is 26.3 Å². The molecule has 0 aliphatic rings. The third-order valence-electron chi connectivity index (χ3n) is 3.40. The van der Waals surface area contributed by atoms with Crippen LogP contribution in [0.15, 0.2) is 54.6 Å². The molecule has 3 aromatic carbocycles. The van der Waals surface area contributed by atoms with E-state index in [2.05, 4.69) is 24.3 Å². The number of rotatable bonds is 3. The second kappa shape index (κ2) is 5.33. The van der Waals surface area contributed by atoms with Crippen molar-refractivity contribution in [2.24, 2.45) is 0 Å². The Labute approximate surface area is 118 Å². The van der Waals surface area contributed by atoms with Crippen LogP contribution >= 0.6 is 0 Å². The molecule has 2 nitrogen and oxygen atoms in total. The van der Waals surface area contributed by atoms with Gasteiger partial charge in [0.15, 0.2) is 0 Å². The predicted molar refractivity (Wildman–Crippen MR) is 82.0 cm³/mol. The number of carbonyl (C=O) groups excluding carboxylic acids is 1. The molecule has 3 rings (SSSR count). The van der Waals surface area contributed by atoms with Gasteiger partial charge in [0.25, 0.3) is 0 Å². The summed E-state index contributed by atoms with van der Waals surface area (Å²) in [6.07, 6.45) is 0.833. The maximum Gasteiger partial charge on any atom is 0.338 e. The van der Waals surface area contributed by atoms with Crippen molar-refractivity contribution in [3.63, 3.8) is 0 Å². The average Bonchev–Trinajstić information content (AvgIpc) is 2.50. The minimum atomic E-state index is -0.243. The summed E-state index contributed by atoms with van der Waals surface area (Å²) in [6, 6.07) is 18.1. The number of esters is 1. The third kappa shape index (κ3) is 2.25. The Morgan fingerprint density at radius 1 is 0.950 bits per heavy atom. The van der Waals surface area contributed by atoms with Crippen molar-refractivity contribution in [2.75, 3.05) is 6.61 Å². The highest BCUT2D eigenvalue weighted by atomic mass is 16.5. The fourth-order valence-electron chi connectivity index (χ4n) is 2.42. The molecule has 0 saturated carbocycles. The van der Waals surface area contributed by atoms with E-state index in [-0.39, 0.29) is 5.97 Å². The predicted octanol–water partition coefficient (Wildman–Crippen LogP) is 4.56. The number of ether oxygens (including phenoxy) is 1. The lowest BCUT2D eigenvalue weighted by Gasteiger charge is -2.08. The largest absolute Gasteiger partial charge is 0.462 e. The van der Waals surface area contributed by atoms with Crippen LogP contribution in [-0.2, 0) is 4.74 Å². The van der Waals surface area contributed by atoms with Gasteiger partial charge >= 0.3 is 5.97 Å². The molecular formula is C18H16O2. The van der Waals surface area contributed by atoms with E-state index >= 15 is 0 Å². The molecule has 0 saturated heterocycles. The zero-order valence-electron chi connectivity index (χ0n) is 11.4. The van der Waals surface area contributed by atoms with Crippen molar-refractivity contribution >= 4 is 27.5 Å². The van der Waals surface area contributed by atoms with Crippen molar-refractivity contribution in [3.05, 3.63) is 60.2 Å². The lowest BCUT2D eigenvalue weighted by atomic mass is 10.00. The molecule has 0 spiro atoms. The second-order valence-electron chi connectivity index (χ2n) is 4.86. The Morgan fingerprint density at radius 3 is 2.40 bits per heavy atom. The summed E-state index contributed by atoms with van der Waals surface area (Å²) in [5, 5.41) is 4.33. The monoisotopic (exact) mass is 264 g/mol. The first kappa shape index (κ1) is 12.7. The molecule has 100 valence electrons. The van der Waals surface area contributed by atoms with Gasteiger partial charge < -0.3 is 4.74 Å². The molecule has 2 heteroatoms. The molecular weight excluding hydrogens is 248 g/mol. The first-order valence-electron chi connectivity index (χ1n) is 6.88. The van der Waals surface area contributed by atoms with Crippen LogP contribution in [-0.4, -0.2) is 12.6 Å². The molecule has 20 heavy (non-hydrogen) atoms. The van der Waals surface area contributed by atoms with Gasteiger partial charge in [-0.2, -0.15) is 0 Å². The van der Waals surface area contributed by atoms with E-state index in [4.69, 9.17) is 4.74 Å². The number of fused-ring (bicyclic) bond motifs is 2. The molecule has 0 amide bonds. The van der Waals surface area contributed by atoms with Crippen LogP contribution in [0.3, 0.4) is 0 Å². The van der Waals surface area contributed by atoms with E-state index in [1.807, 2.05) is 37.3 Å². The van der Waals surface area contributed by atoms with E-state index in [1.54, 1.807) is 0 Å². The van der Waals surface area contributed by atoms with Crippen molar-refractivity contribution in [1.29, 1.82) is 0 Å². The third-order valence-corrected chi connectivity index (χ3v) is 3.40. The Morgan fingerprint density at radius 2 is 1.65 bits per heavy atom. The lowest BCUT2D eigenvalue weighted by Crippen LogP contribution is -2.06. The molecule has 0 radical (unpaired) electrons. The number of hydrogen-bond acceptors (Lipinski definition) is 2. The van der Waals surface area contributed by atoms with Gasteiger partial charge in [-0.3, -0.25) is 0 Å². The van der Waals surface area contributed by atoms with Gasteiger partial charge in [-0.15, -0.1) is 0 Å². The Hall–Kier alpha value is -2.35. The number of carbonyl (C=O) groups is 1. The molecule has 0 aliphatic carbocycles. The van der Waals surface area contributed by atoms with Gasteiger partial charge in [0.05, 0.1) is 12.2 Å². The van der Waals surface area contributed by atoms with Gasteiger partial charge in [-0.1, -0.05) is 43.3 Å². The maximum absolute atomic E-state index is 12.1. The lowest BCUT2D eigenvalue weighted by molar-refractivity contribution is 0.0507. The smallest absolute Gasteiger partial charge is 0.338 e. The van der Waals surface area contributed by atoms with E-state index in [0.29, 0.717) is 12.2 Å². The van der Waals surface area contributed by atoms with Crippen LogP contribution < -0.4 is 0 Å². The Bertz CT molecular complexity index is 775. The Kier molecular flexibility index (Phi) is 3.38. The summed E-state index contributed by atoms with van der Waals surface area (Å²) in [5.41, 5.74) is 0.640. The van der Waals surface area contributed by atoms with E-state index in [1.165, 1.54) is 5.39 Å². The van der Waals surface area contributed by atoms with Gasteiger partial charge in [-0.05, 0) is 46.2 Å². The summed E-state index contributed by atoms with van der Waals surface area (Å²) in [7, 11) is 0. The minimum absolute atomic E-state index is 0.243. The number of benzene rings is 3. The first-order chi connectivity index (χ1) is 9.79. The molecule has 0 unspecified atom stereocenters. The van der Waals surface area contributed by atoms with Crippen LogP contribution in [0, 0.1) is 0 Å². The first-order valence-corrected chi connectivity index (χ1v) is 6.88. The normalized spacial score (nSPS) is 10.8. The second-order valence-corrected chi connectivity index (χ2v) is 4.86. The SMILES string of the molecule is CCCOC(=O)c1cccc2cc3ccccc3cc12. The summed E-state index contributed by atoms with van der Waals surface area (Å²) in [6.45, 7) is 2.45. The molecule has 0 aliphatic heterocycles. The van der Waals surface area contributed by atoms with Crippen molar-refractivity contribution in [1.82, 2.24) is 0 Å². The van der Waals surface area contributed by atoms with Crippen LogP contribution in [0.5, 0.6) is 0 Å². The fraction of sp³-hybridized carbons (Fsp3) is 0.167. The maximum atomic E-state index is 12.1. The standard InChI is InChI=1S/C18H16O2/c1-2-10-20-18(19)16-9-5-8-15-11-13-6-3-4-7-14(13)12-17(15)16/h3-9,11-12H,2,10H2,1H3. The highest BCUT2D eigenvalue weighted by molar-refractivity contribution is 6.08. The van der Waals surface area contributed by atoms with Crippen LogP contribution in [0.4, 0.5) is 0 Å². The molecule has 0 N–H and O–H groups in total. The minimum Gasteiger partial charge on any atom is -0.462 e. The summed E-state index contributed by atoms with van der Waals surface area (Å²) in [5.74, 6) is -0.243. The molecule has 0 heterocycles. The van der Waals surface area contributed by atoms with Crippen molar-refractivity contribution < 1.29 is 9.53 Å². The van der Waals surface area contributed by atoms with Crippen LogP contribution in [0.2, 0.25) is 0 Å². The highest BCUT2D eigenvalue weighted by Crippen LogP contribution is 2.26. The van der Waals surface area contributed by atoms with Gasteiger partial charge in [0.2, 0.25) is 0 Å². The Balaban J connectivity index is 2.17. The summed E-state index contributed by atoms with van der Waals surface area (Å²) < 4.78 is 5.26. The van der Waals surface area contributed by atoms with E-state index < -0.39 is 0 Å². The zero-order chi connectivity index (χ0) is 13.9. The fourth-order valence-corrected chi connectivity index (χ4v) is 2.42. The van der Waals surface area contributed by atoms with Crippen molar-refractivity contribution in [3.8, 4) is 0 Å². The van der Waals surface area contributed by atoms with E-state index in [0.717, 1.165) is 22.6 Å². The zero-order valence-corrected chi connectivity index (χ0v) is 11.4. The van der Waals surface area contributed by atoms with Crippen LogP contribution in [0.25, 0.3) is 21.5 Å². The molecule has 3 aromatic rings. The highest BCUT2D eigenvalue weighted by Gasteiger charge is 2.11. The summed E-state index contributed by atoms with van der Waals surface area (Å²) in [4.78, 5) is 12.1. The van der Waals surface area contributed by atoms with Gasteiger partial charge in [0, 0.05) is 0 Å². The van der Waals surface area contributed by atoms with Gasteiger partial charge in [0.1, 0.15) is 0 Å². The number of hydrogen-bond donors (Lipinski definition) is 0. The molecule has 0 fully saturated rings. The summed E-state index contributed by atoms with van der Waals surface area (Å²) >= 11 is 0. The molecule has 0 bridgehead atoms. The quantitative estimate of drug-likeness (QED) is 0.512. The average molecular weight is 264 g/mol.